The highest BCUT2D eigenvalue weighted by molar-refractivity contribution is 5.92. The molecule has 0 aliphatic heterocycles. The minimum absolute atomic E-state index is 0.0419. The van der Waals surface area contributed by atoms with E-state index in [0.29, 0.717) is 11.5 Å². The molecular weight excluding hydrogens is 256 g/mol. The second-order valence-corrected chi connectivity index (χ2v) is 4.89. The predicted molar refractivity (Wildman–Crippen MR) is 75.5 cm³/mol. The molecule has 0 saturated heterocycles. The molecule has 0 aromatic carbocycles. The summed E-state index contributed by atoms with van der Waals surface area (Å²) in [5.74, 6) is 0.345. The maximum atomic E-state index is 11.9. The number of hydrogen-bond donors (Lipinski definition) is 2. The molecule has 2 aromatic rings. The Morgan fingerprint density at radius 3 is 2.85 bits per heavy atom. The minimum atomic E-state index is -0.653. The standard InChI is InChI=1S/C14H18N4O2/c1-10(2)12(19)9-13(20)17-11-5-3-6-15-14(11)18-8-4-7-16-18/h3-8,10,12,19H,9H2,1-2H3,(H,17,20). The summed E-state index contributed by atoms with van der Waals surface area (Å²) in [6.07, 6.45) is 4.43. The monoisotopic (exact) mass is 274 g/mol. The van der Waals surface area contributed by atoms with E-state index in [1.165, 1.54) is 0 Å². The van der Waals surface area contributed by atoms with Gasteiger partial charge in [-0.3, -0.25) is 4.79 Å². The van der Waals surface area contributed by atoms with Gasteiger partial charge >= 0.3 is 0 Å². The Morgan fingerprint density at radius 1 is 1.40 bits per heavy atom. The van der Waals surface area contributed by atoms with Crippen LogP contribution in [0.2, 0.25) is 0 Å². The maximum absolute atomic E-state index is 11.9. The van der Waals surface area contributed by atoms with Crippen LogP contribution in [0, 0.1) is 5.92 Å². The fraction of sp³-hybridized carbons (Fsp3) is 0.357. The number of amides is 1. The molecule has 0 saturated carbocycles. The molecule has 1 unspecified atom stereocenters. The highest BCUT2D eigenvalue weighted by atomic mass is 16.3. The van der Waals surface area contributed by atoms with E-state index in [0.717, 1.165) is 0 Å². The molecule has 1 atom stereocenters. The molecule has 1 amide bonds. The molecule has 20 heavy (non-hydrogen) atoms. The Labute approximate surface area is 117 Å². The number of aromatic nitrogens is 3. The van der Waals surface area contributed by atoms with E-state index in [1.807, 2.05) is 13.8 Å². The number of carbonyl (C=O) groups is 1. The van der Waals surface area contributed by atoms with E-state index in [-0.39, 0.29) is 18.2 Å². The van der Waals surface area contributed by atoms with Crippen LogP contribution in [0.3, 0.4) is 0 Å². The van der Waals surface area contributed by atoms with Crippen molar-refractivity contribution >= 4 is 11.6 Å². The Balaban J connectivity index is 2.12. The summed E-state index contributed by atoms with van der Waals surface area (Å²) in [5, 5.41) is 16.6. The number of nitrogens with one attached hydrogen (secondary N) is 1. The number of aliphatic hydroxyl groups excluding tert-OH is 1. The molecular formula is C14H18N4O2. The Hall–Kier alpha value is -2.21. The van der Waals surface area contributed by atoms with E-state index >= 15 is 0 Å². The van der Waals surface area contributed by atoms with E-state index in [9.17, 15) is 9.90 Å². The van der Waals surface area contributed by atoms with Crippen LogP contribution in [0.4, 0.5) is 5.69 Å². The Kier molecular flexibility index (Phi) is 4.47. The summed E-state index contributed by atoms with van der Waals surface area (Å²) < 4.78 is 1.58. The first-order valence-corrected chi connectivity index (χ1v) is 6.51. The molecule has 106 valence electrons. The van der Waals surface area contributed by atoms with Crippen molar-refractivity contribution in [2.24, 2.45) is 5.92 Å². The largest absolute Gasteiger partial charge is 0.392 e. The van der Waals surface area contributed by atoms with Crippen LogP contribution < -0.4 is 5.32 Å². The second kappa shape index (κ2) is 6.29. The first kappa shape index (κ1) is 14.2. The summed E-state index contributed by atoms with van der Waals surface area (Å²) in [6.45, 7) is 3.74. The summed E-state index contributed by atoms with van der Waals surface area (Å²) in [5.41, 5.74) is 0.567. The molecule has 6 nitrogen and oxygen atoms in total. The summed E-state index contributed by atoms with van der Waals surface area (Å²) in [4.78, 5) is 16.1. The van der Waals surface area contributed by atoms with Crippen molar-refractivity contribution < 1.29 is 9.90 Å². The van der Waals surface area contributed by atoms with E-state index in [2.05, 4.69) is 15.4 Å². The van der Waals surface area contributed by atoms with Gasteiger partial charge in [0.15, 0.2) is 5.82 Å². The number of anilines is 1. The molecule has 0 aliphatic carbocycles. The molecule has 0 spiro atoms. The first-order valence-electron chi connectivity index (χ1n) is 6.51. The molecule has 0 bridgehead atoms. The smallest absolute Gasteiger partial charge is 0.227 e. The zero-order chi connectivity index (χ0) is 14.5. The molecule has 2 N–H and O–H groups in total. The third kappa shape index (κ3) is 3.42. The molecule has 2 heterocycles. The molecule has 0 aliphatic rings. The number of rotatable bonds is 5. The van der Waals surface area contributed by atoms with Gasteiger partial charge in [0.2, 0.25) is 5.91 Å². The van der Waals surface area contributed by atoms with Crippen LogP contribution >= 0.6 is 0 Å². The molecule has 2 aromatic heterocycles. The third-order valence-corrected chi connectivity index (χ3v) is 2.95. The highest BCUT2D eigenvalue weighted by Crippen LogP contribution is 2.17. The molecule has 6 heteroatoms. The van der Waals surface area contributed by atoms with E-state index in [1.54, 1.807) is 41.5 Å². The average molecular weight is 274 g/mol. The van der Waals surface area contributed by atoms with Crippen LogP contribution in [0.15, 0.2) is 36.8 Å². The van der Waals surface area contributed by atoms with Gasteiger partial charge in [0.05, 0.1) is 18.2 Å². The van der Waals surface area contributed by atoms with Crippen molar-refractivity contribution in [3.8, 4) is 5.82 Å². The van der Waals surface area contributed by atoms with Crippen molar-refractivity contribution in [1.82, 2.24) is 14.8 Å². The third-order valence-electron chi connectivity index (χ3n) is 2.95. The number of carbonyl (C=O) groups excluding carboxylic acids is 1. The predicted octanol–water partition coefficient (Wildman–Crippen LogP) is 1.61. The lowest BCUT2D eigenvalue weighted by Gasteiger charge is -2.15. The van der Waals surface area contributed by atoms with Gasteiger partial charge in [0.1, 0.15) is 0 Å². The van der Waals surface area contributed by atoms with Gasteiger partial charge in [0, 0.05) is 18.6 Å². The van der Waals surface area contributed by atoms with Gasteiger partial charge in [-0.15, -0.1) is 0 Å². The van der Waals surface area contributed by atoms with E-state index in [4.69, 9.17) is 0 Å². The van der Waals surface area contributed by atoms with Crippen molar-refractivity contribution in [1.29, 1.82) is 0 Å². The van der Waals surface area contributed by atoms with Crippen LogP contribution in [-0.4, -0.2) is 31.9 Å². The fourth-order valence-electron chi connectivity index (χ4n) is 1.70. The quantitative estimate of drug-likeness (QED) is 0.868. The van der Waals surface area contributed by atoms with Gasteiger partial charge in [-0.25, -0.2) is 9.67 Å². The van der Waals surface area contributed by atoms with Gasteiger partial charge in [0.25, 0.3) is 0 Å². The van der Waals surface area contributed by atoms with Crippen LogP contribution in [0.1, 0.15) is 20.3 Å². The fourth-order valence-corrected chi connectivity index (χ4v) is 1.70. The number of pyridine rings is 1. The maximum Gasteiger partial charge on any atom is 0.227 e. The molecule has 0 fully saturated rings. The normalized spacial score (nSPS) is 12.4. The summed E-state index contributed by atoms with van der Waals surface area (Å²) >= 11 is 0. The molecule has 2 rings (SSSR count). The van der Waals surface area contributed by atoms with Crippen molar-refractivity contribution in [3.63, 3.8) is 0 Å². The summed E-state index contributed by atoms with van der Waals surface area (Å²) in [7, 11) is 0. The van der Waals surface area contributed by atoms with Gasteiger partial charge in [-0.1, -0.05) is 13.8 Å². The SMILES string of the molecule is CC(C)C(O)CC(=O)Nc1cccnc1-n1cccn1. The van der Waals surface area contributed by atoms with Gasteiger partial charge < -0.3 is 10.4 Å². The topological polar surface area (TPSA) is 80.0 Å². The summed E-state index contributed by atoms with van der Waals surface area (Å²) in [6, 6.07) is 5.27. The van der Waals surface area contributed by atoms with E-state index < -0.39 is 6.10 Å². The van der Waals surface area contributed by atoms with Crippen LogP contribution in [-0.2, 0) is 4.79 Å². The number of hydrogen-bond acceptors (Lipinski definition) is 4. The first-order chi connectivity index (χ1) is 9.58. The van der Waals surface area contributed by atoms with Crippen LogP contribution in [0.25, 0.3) is 5.82 Å². The van der Waals surface area contributed by atoms with Crippen molar-refractivity contribution in [2.45, 2.75) is 26.4 Å². The van der Waals surface area contributed by atoms with Gasteiger partial charge in [-0.2, -0.15) is 5.10 Å². The average Bonchev–Trinajstić information content (AvgIpc) is 2.92. The second-order valence-electron chi connectivity index (χ2n) is 4.89. The van der Waals surface area contributed by atoms with Crippen LogP contribution in [0.5, 0.6) is 0 Å². The minimum Gasteiger partial charge on any atom is -0.392 e. The number of aliphatic hydroxyl groups is 1. The van der Waals surface area contributed by atoms with Gasteiger partial charge in [-0.05, 0) is 24.1 Å². The van der Waals surface area contributed by atoms with Crippen molar-refractivity contribution in [2.75, 3.05) is 5.32 Å². The zero-order valence-corrected chi connectivity index (χ0v) is 11.5. The Bertz CT molecular complexity index is 566. The lowest BCUT2D eigenvalue weighted by molar-refractivity contribution is -0.118. The lowest BCUT2D eigenvalue weighted by Crippen LogP contribution is -2.24. The zero-order valence-electron chi connectivity index (χ0n) is 11.5. The molecule has 0 radical (unpaired) electrons. The highest BCUT2D eigenvalue weighted by Gasteiger charge is 2.16. The lowest BCUT2D eigenvalue weighted by atomic mass is 10.0. The Morgan fingerprint density at radius 2 is 2.20 bits per heavy atom. The van der Waals surface area contributed by atoms with Crippen molar-refractivity contribution in [3.05, 3.63) is 36.8 Å². The number of nitrogens with zero attached hydrogens (tertiary/aromatic N) is 3.